The SMILES string of the molecule is CCC(C)CC(C)C(C)(C)CC. The van der Waals surface area contributed by atoms with Crippen LogP contribution in [0.3, 0.4) is 0 Å². The van der Waals surface area contributed by atoms with Gasteiger partial charge in [0.1, 0.15) is 0 Å². The lowest BCUT2D eigenvalue weighted by molar-refractivity contribution is 0.186. The smallest absolute Gasteiger partial charge is 0.0331 e. The molecule has 0 spiro atoms. The molecule has 0 aromatic heterocycles. The fourth-order valence-electron chi connectivity index (χ4n) is 1.44. The van der Waals surface area contributed by atoms with Gasteiger partial charge in [0.05, 0.1) is 0 Å². The molecule has 0 aliphatic carbocycles. The highest BCUT2D eigenvalue weighted by Crippen LogP contribution is 2.34. The highest BCUT2D eigenvalue weighted by molar-refractivity contribution is 4.74. The minimum absolute atomic E-state index is 0.531. The topological polar surface area (TPSA) is 0 Å². The Hall–Kier alpha value is 0. The summed E-state index contributed by atoms with van der Waals surface area (Å²) >= 11 is 0. The lowest BCUT2D eigenvalue weighted by Crippen LogP contribution is -2.22. The van der Waals surface area contributed by atoms with Crippen molar-refractivity contribution in [2.75, 3.05) is 0 Å². The van der Waals surface area contributed by atoms with Crippen LogP contribution in [0, 0.1) is 17.3 Å². The van der Waals surface area contributed by atoms with Crippen LogP contribution in [0.1, 0.15) is 60.8 Å². The average molecular weight is 170 g/mol. The summed E-state index contributed by atoms with van der Waals surface area (Å²) in [6.45, 7) is 14.1. The lowest BCUT2D eigenvalue weighted by Gasteiger charge is -2.32. The van der Waals surface area contributed by atoms with Crippen LogP contribution in [-0.4, -0.2) is 0 Å². The first-order chi connectivity index (χ1) is 5.44. The van der Waals surface area contributed by atoms with Crippen molar-refractivity contribution in [1.82, 2.24) is 0 Å². The third-order valence-corrected chi connectivity index (χ3v) is 3.70. The summed E-state index contributed by atoms with van der Waals surface area (Å²) in [4.78, 5) is 0. The van der Waals surface area contributed by atoms with E-state index in [0.29, 0.717) is 5.41 Å². The van der Waals surface area contributed by atoms with Crippen molar-refractivity contribution in [2.45, 2.75) is 60.8 Å². The Morgan fingerprint density at radius 2 is 1.58 bits per heavy atom. The molecular formula is C12H26. The molecule has 0 nitrogen and oxygen atoms in total. The first-order valence-corrected chi connectivity index (χ1v) is 5.44. The van der Waals surface area contributed by atoms with Crippen molar-refractivity contribution in [3.8, 4) is 0 Å². The van der Waals surface area contributed by atoms with E-state index in [1.54, 1.807) is 0 Å². The van der Waals surface area contributed by atoms with Crippen LogP contribution in [0.5, 0.6) is 0 Å². The molecule has 0 aliphatic rings. The zero-order valence-corrected chi connectivity index (χ0v) is 9.78. The highest BCUT2D eigenvalue weighted by Gasteiger charge is 2.24. The zero-order chi connectivity index (χ0) is 9.78. The second-order valence-electron chi connectivity index (χ2n) is 4.99. The molecule has 0 rings (SSSR count). The van der Waals surface area contributed by atoms with E-state index in [4.69, 9.17) is 0 Å². The van der Waals surface area contributed by atoms with E-state index in [1.165, 1.54) is 19.3 Å². The van der Waals surface area contributed by atoms with E-state index in [1.807, 2.05) is 0 Å². The van der Waals surface area contributed by atoms with Gasteiger partial charge in [-0.15, -0.1) is 0 Å². The van der Waals surface area contributed by atoms with Gasteiger partial charge in [0, 0.05) is 0 Å². The number of hydrogen-bond acceptors (Lipinski definition) is 0. The van der Waals surface area contributed by atoms with Crippen LogP contribution in [0.15, 0.2) is 0 Å². The summed E-state index contributed by atoms with van der Waals surface area (Å²) in [5, 5.41) is 0. The van der Waals surface area contributed by atoms with E-state index < -0.39 is 0 Å². The summed E-state index contributed by atoms with van der Waals surface area (Å²) in [5.74, 6) is 1.75. The second-order valence-corrected chi connectivity index (χ2v) is 4.99. The molecule has 0 aliphatic heterocycles. The monoisotopic (exact) mass is 170 g/mol. The Kier molecular flexibility index (Phi) is 4.89. The van der Waals surface area contributed by atoms with Gasteiger partial charge in [0.15, 0.2) is 0 Å². The molecule has 0 aromatic rings. The van der Waals surface area contributed by atoms with Crippen LogP contribution in [0.4, 0.5) is 0 Å². The summed E-state index contributed by atoms with van der Waals surface area (Å²) in [5.41, 5.74) is 0.531. The van der Waals surface area contributed by atoms with Gasteiger partial charge in [-0.05, 0) is 23.7 Å². The Labute approximate surface area is 78.8 Å². The predicted molar refractivity (Wildman–Crippen MR) is 57.3 cm³/mol. The summed E-state index contributed by atoms with van der Waals surface area (Å²) in [7, 11) is 0. The Bertz CT molecular complexity index is 113. The van der Waals surface area contributed by atoms with Gasteiger partial charge in [-0.25, -0.2) is 0 Å². The predicted octanol–water partition coefficient (Wildman–Crippen LogP) is 4.49. The third-order valence-electron chi connectivity index (χ3n) is 3.70. The standard InChI is InChI=1S/C12H26/c1-7-10(3)9-11(4)12(5,6)8-2/h10-11H,7-9H2,1-6H3. The van der Waals surface area contributed by atoms with Crippen molar-refractivity contribution in [3.05, 3.63) is 0 Å². The molecule has 0 N–H and O–H groups in total. The Morgan fingerprint density at radius 3 is 1.92 bits per heavy atom. The third kappa shape index (κ3) is 3.60. The molecule has 2 unspecified atom stereocenters. The second kappa shape index (κ2) is 4.89. The van der Waals surface area contributed by atoms with Gasteiger partial charge in [-0.1, -0.05) is 54.4 Å². The minimum atomic E-state index is 0.531. The van der Waals surface area contributed by atoms with Gasteiger partial charge >= 0.3 is 0 Å². The van der Waals surface area contributed by atoms with E-state index >= 15 is 0 Å². The van der Waals surface area contributed by atoms with Crippen LogP contribution >= 0.6 is 0 Å². The van der Waals surface area contributed by atoms with E-state index in [-0.39, 0.29) is 0 Å². The molecule has 0 amide bonds. The molecule has 0 saturated carbocycles. The zero-order valence-electron chi connectivity index (χ0n) is 9.78. The molecule has 2 atom stereocenters. The van der Waals surface area contributed by atoms with Crippen molar-refractivity contribution in [1.29, 1.82) is 0 Å². The van der Waals surface area contributed by atoms with Crippen molar-refractivity contribution in [3.63, 3.8) is 0 Å². The van der Waals surface area contributed by atoms with Gasteiger partial charge in [-0.2, -0.15) is 0 Å². The van der Waals surface area contributed by atoms with Crippen LogP contribution in [0.2, 0.25) is 0 Å². The highest BCUT2D eigenvalue weighted by atomic mass is 14.3. The van der Waals surface area contributed by atoms with Crippen molar-refractivity contribution >= 4 is 0 Å². The minimum Gasteiger partial charge on any atom is -0.0651 e. The van der Waals surface area contributed by atoms with Gasteiger partial charge in [0.25, 0.3) is 0 Å². The number of rotatable bonds is 5. The van der Waals surface area contributed by atoms with E-state index in [0.717, 1.165) is 11.8 Å². The fraction of sp³-hybridized carbons (Fsp3) is 1.00. The van der Waals surface area contributed by atoms with Gasteiger partial charge in [-0.3, -0.25) is 0 Å². The summed E-state index contributed by atoms with van der Waals surface area (Å²) in [6, 6.07) is 0. The molecule has 0 fully saturated rings. The molecule has 0 heterocycles. The van der Waals surface area contributed by atoms with Crippen molar-refractivity contribution < 1.29 is 0 Å². The quantitative estimate of drug-likeness (QED) is 0.570. The van der Waals surface area contributed by atoms with E-state index in [2.05, 4.69) is 41.5 Å². The maximum absolute atomic E-state index is 2.40. The molecule has 0 radical (unpaired) electrons. The van der Waals surface area contributed by atoms with E-state index in [9.17, 15) is 0 Å². The lowest BCUT2D eigenvalue weighted by atomic mass is 9.74. The normalized spacial score (nSPS) is 17.5. The van der Waals surface area contributed by atoms with Crippen LogP contribution in [0.25, 0.3) is 0 Å². The molecule has 0 saturated heterocycles. The molecule has 0 heteroatoms. The maximum Gasteiger partial charge on any atom is -0.0331 e. The molecule has 0 aromatic carbocycles. The molecular weight excluding hydrogens is 144 g/mol. The molecule has 0 bridgehead atoms. The first-order valence-electron chi connectivity index (χ1n) is 5.44. The molecule has 74 valence electrons. The largest absolute Gasteiger partial charge is 0.0651 e. The van der Waals surface area contributed by atoms with Crippen LogP contribution < -0.4 is 0 Å². The molecule has 12 heavy (non-hydrogen) atoms. The first kappa shape index (κ1) is 12.0. The van der Waals surface area contributed by atoms with Gasteiger partial charge < -0.3 is 0 Å². The Morgan fingerprint density at radius 1 is 1.08 bits per heavy atom. The van der Waals surface area contributed by atoms with Crippen molar-refractivity contribution in [2.24, 2.45) is 17.3 Å². The fourth-order valence-corrected chi connectivity index (χ4v) is 1.44. The van der Waals surface area contributed by atoms with Gasteiger partial charge in [0.2, 0.25) is 0 Å². The van der Waals surface area contributed by atoms with Crippen LogP contribution in [-0.2, 0) is 0 Å². The number of hydrogen-bond donors (Lipinski definition) is 0. The summed E-state index contributed by atoms with van der Waals surface area (Å²) in [6.07, 6.45) is 4.01. The Balaban J connectivity index is 3.93. The maximum atomic E-state index is 2.40. The summed E-state index contributed by atoms with van der Waals surface area (Å²) < 4.78 is 0. The average Bonchev–Trinajstić information content (AvgIpc) is 2.04.